The molecule has 0 aromatic heterocycles. The zero-order chi connectivity index (χ0) is 8.36. The SMILES string of the molecule is CC(C)NC(C)S(=O)(=O)O. The van der Waals surface area contributed by atoms with E-state index >= 15 is 0 Å². The van der Waals surface area contributed by atoms with Gasteiger partial charge in [0.05, 0.1) is 0 Å². The van der Waals surface area contributed by atoms with E-state index in [2.05, 4.69) is 5.32 Å². The highest BCUT2D eigenvalue weighted by Gasteiger charge is 2.16. The fourth-order valence-corrected chi connectivity index (χ4v) is 1.000. The van der Waals surface area contributed by atoms with Gasteiger partial charge in [0.15, 0.2) is 0 Å². The number of hydrogen-bond acceptors (Lipinski definition) is 3. The van der Waals surface area contributed by atoms with Gasteiger partial charge in [0.2, 0.25) is 0 Å². The molecule has 0 aliphatic rings. The lowest BCUT2D eigenvalue weighted by molar-refractivity contribution is 0.445. The molecule has 0 heterocycles. The molecular weight excluding hydrogens is 154 g/mol. The molecule has 2 N–H and O–H groups in total. The average Bonchev–Trinajstić information content (AvgIpc) is 1.60. The lowest BCUT2D eigenvalue weighted by Crippen LogP contribution is -2.38. The van der Waals surface area contributed by atoms with Crippen molar-refractivity contribution in [1.29, 1.82) is 0 Å². The Labute approximate surface area is 61.4 Å². The van der Waals surface area contributed by atoms with Crippen LogP contribution in [-0.2, 0) is 10.1 Å². The molecule has 5 heteroatoms. The summed E-state index contributed by atoms with van der Waals surface area (Å²) in [7, 11) is -3.91. The van der Waals surface area contributed by atoms with Crippen molar-refractivity contribution < 1.29 is 13.0 Å². The molecule has 0 rings (SSSR count). The molecule has 0 saturated carbocycles. The molecule has 0 spiro atoms. The van der Waals surface area contributed by atoms with E-state index in [1.807, 2.05) is 13.8 Å². The van der Waals surface area contributed by atoms with E-state index in [4.69, 9.17) is 4.55 Å². The third-order valence-corrected chi connectivity index (χ3v) is 2.04. The van der Waals surface area contributed by atoms with Crippen LogP contribution in [-0.4, -0.2) is 24.4 Å². The van der Waals surface area contributed by atoms with Gasteiger partial charge < -0.3 is 0 Å². The Morgan fingerprint density at radius 3 is 1.80 bits per heavy atom. The van der Waals surface area contributed by atoms with E-state index in [0.717, 1.165) is 0 Å². The maximum absolute atomic E-state index is 10.4. The van der Waals surface area contributed by atoms with Crippen LogP contribution in [0.3, 0.4) is 0 Å². The van der Waals surface area contributed by atoms with E-state index in [1.165, 1.54) is 6.92 Å². The first kappa shape index (κ1) is 9.87. The Bertz CT molecular complexity index is 185. The minimum absolute atomic E-state index is 0.0527. The molecule has 0 saturated heterocycles. The van der Waals surface area contributed by atoms with Gasteiger partial charge in [0.25, 0.3) is 10.1 Å². The van der Waals surface area contributed by atoms with Crippen LogP contribution in [0.1, 0.15) is 20.8 Å². The maximum Gasteiger partial charge on any atom is 0.280 e. The maximum atomic E-state index is 10.4. The molecule has 0 aliphatic heterocycles. The van der Waals surface area contributed by atoms with Crippen molar-refractivity contribution >= 4 is 10.1 Å². The summed E-state index contributed by atoms with van der Waals surface area (Å²) < 4.78 is 29.2. The van der Waals surface area contributed by atoms with Gasteiger partial charge in [-0.3, -0.25) is 9.87 Å². The average molecular weight is 167 g/mol. The third-order valence-electron chi connectivity index (χ3n) is 1.01. The Morgan fingerprint density at radius 2 is 1.70 bits per heavy atom. The summed E-state index contributed by atoms with van der Waals surface area (Å²) in [6.07, 6.45) is 0. The van der Waals surface area contributed by atoms with Gasteiger partial charge in [-0.15, -0.1) is 0 Å². The van der Waals surface area contributed by atoms with Crippen LogP contribution in [0.15, 0.2) is 0 Å². The summed E-state index contributed by atoms with van der Waals surface area (Å²) in [5.74, 6) is 0. The van der Waals surface area contributed by atoms with Crippen molar-refractivity contribution in [1.82, 2.24) is 5.32 Å². The predicted molar refractivity (Wildman–Crippen MR) is 39.3 cm³/mol. The first-order valence-corrected chi connectivity index (χ1v) is 4.56. The molecule has 1 unspecified atom stereocenters. The quantitative estimate of drug-likeness (QED) is 0.590. The molecule has 1 atom stereocenters. The molecule has 4 nitrogen and oxygen atoms in total. The first-order chi connectivity index (χ1) is 4.34. The highest BCUT2D eigenvalue weighted by atomic mass is 32.2. The number of hydrogen-bond donors (Lipinski definition) is 2. The Balaban J connectivity index is 3.99. The topological polar surface area (TPSA) is 66.4 Å². The molecule has 0 aromatic rings. The van der Waals surface area contributed by atoms with Gasteiger partial charge >= 0.3 is 0 Å². The molecular formula is C5H13NO3S. The van der Waals surface area contributed by atoms with Crippen LogP contribution in [0.2, 0.25) is 0 Å². The highest BCUT2D eigenvalue weighted by Crippen LogP contribution is 1.93. The van der Waals surface area contributed by atoms with Gasteiger partial charge in [-0.25, -0.2) is 0 Å². The highest BCUT2D eigenvalue weighted by molar-refractivity contribution is 7.86. The van der Waals surface area contributed by atoms with Crippen molar-refractivity contribution in [2.75, 3.05) is 0 Å². The van der Waals surface area contributed by atoms with Crippen molar-refractivity contribution in [2.24, 2.45) is 0 Å². The van der Waals surface area contributed by atoms with E-state index in [-0.39, 0.29) is 6.04 Å². The lowest BCUT2D eigenvalue weighted by Gasteiger charge is -2.12. The molecule has 0 amide bonds. The Kier molecular flexibility index (Phi) is 3.27. The first-order valence-electron chi connectivity index (χ1n) is 3.06. The van der Waals surface area contributed by atoms with Gasteiger partial charge in [0, 0.05) is 6.04 Å². The van der Waals surface area contributed by atoms with Gasteiger partial charge in [-0.05, 0) is 20.8 Å². The van der Waals surface area contributed by atoms with Crippen LogP contribution >= 0.6 is 0 Å². The van der Waals surface area contributed by atoms with Gasteiger partial charge in [-0.2, -0.15) is 8.42 Å². The standard InChI is InChI=1S/C5H13NO3S/c1-4(2)6-5(3)10(7,8)9/h4-6H,1-3H3,(H,7,8,9). The molecule has 0 fully saturated rings. The zero-order valence-corrected chi connectivity index (χ0v) is 7.14. The summed E-state index contributed by atoms with van der Waals surface area (Å²) in [4.78, 5) is 0. The Morgan fingerprint density at radius 1 is 1.30 bits per heavy atom. The second kappa shape index (κ2) is 3.32. The summed E-state index contributed by atoms with van der Waals surface area (Å²) in [6.45, 7) is 5.01. The van der Waals surface area contributed by atoms with Crippen LogP contribution in [0.4, 0.5) is 0 Å². The fraction of sp³-hybridized carbons (Fsp3) is 1.00. The molecule has 0 radical (unpaired) electrons. The monoisotopic (exact) mass is 167 g/mol. The van der Waals surface area contributed by atoms with E-state index in [9.17, 15) is 8.42 Å². The largest absolute Gasteiger partial charge is 0.297 e. The van der Waals surface area contributed by atoms with Gasteiger partial charge in [-0.1, -0.05) is 0 Å². The Hall–Kier alpha value is -0.130. The molecule has 10 heavy (non-hydrogen) atoms. The van der Waals surface area contributed by atoms with E-state index < -0.39 is 15.5 Å². The molecule has 0 aromatic carbocycles. The second-order valence-corrected chi connectivity index (χ2v) is 4.22. The van der Waals surface area contributed by atoms with E-state index in [0.29, 0.717) is 0 Å². The van der Waals surface area contributed by atoms with Crippen LogP contribution in [0.25, 0.3) is 0 Å². The minimum atomic E-state index is -3.91. The van der Waals surface area contributed by atoms with Gasteiger partial charge in [0.1, 0.15) is 5.37 Å². The molecule has 62 valence electrons. The van der Waals surface area contributed by atoms with Crippen molar-refractivity contribution in [3.05, 3.63) is 0 Å². The van der Waals surface area contributed by atoms with Crippen LogP contribution in [0, 0.1) is 0 Å². The summed E-state index contributed by atoms with van der Waals surface area (Å²) >= 11 is 0. The zero-order valence-electron chi connectivity index (χ0n) is 6.33. The van der Waals surface area contributed by atoms with Crippen molar-refractivity contribution in [3.8, 4) is 0 Å². The summed E-state index contributed by atoms with van der Waals surface area (Å²) in [5, 5.41) is 1.76. The normalized spacial score (nSPS) is 15.7. The predicted octanol–water partition coefficient (Wildman–Crippen LogP) is 0.218. The number of rotatable bonds is 3. The smallest absolute Gasteiger partial charge is 0.280 e. The lowest BCUT2D eigenvalue weighted by atomic mass is 10.4. The summed E-state index contributed by atoms with van der Waals surface area (Å²) in [6, 6.07) is 0.0527. The van der Waals surface area contributed by atoms with Crippen LogP contribution in [0.5, 0.6) is 0 Å². The van der Waals surface area contributed by atoms with Crippen molar-refractivity contribution in [3.63, 3.8) is 0 Å². The molecule has 0 aliphatic carbocycles. The van der Waals surface area contributed by atoms with Crippen molar-refractivity contribution in [2.45, 2.75) is 32.2 Å². The summed E-state index contributed by atoms with van der Waals surface area (Å²) in [5.41, 5.74) is 0. The number of nitrogens with one attached hydrogen (secondary N) is 1. The van der Waals surface area contributed by atoms with Crippen LogP contribution < -0.4 is 5.32 Å². The molecule has 0 bridgehead atoms. The minimum Gasteiger partial charge on any atom is -0.297 e. The fourth-order valence-electron chi connectivity index (χ4n) is 0.555. The second-order valence-electron chi connectivity index (χ2n) is 2.48. The third kappa shape index (κ3) is 3.81. The van der Waals surface area contributed by atoms with E-state index in [1.54, 1.807) is 0 Å².